The Morgan fingerprint density at radius 2 is 2.08 bits per heavy atom. The Labute approximate surface area is 147 Å². The molecule has 1 aliphatic carbocycles. The number of rotatable bonds is 5. The van der Waals surface area contributed by atoms with E-state index in [-0.39, 0.29) is 6.61 Å². The van der Waals surface area contributed by atoms with Gasteiger partial charge in [0.2, 0.25) is 0 Å². The average molecular weight is 344 g/mol. The van der Waals surface area contributed by atoms with Crippen molar-refractivity contribution in [3.63, 3.8) is 0 Å². The molecule has 0 saturated heterocycles. The predicted molar refractivity (Wildman–Crippen MR) is 95.1 cm³/mol. The van der Waals surface area contributed by atoms with Gasteiger partial charge in [-0.3, -0.25) is 9.47 Å². The molecular formula is C18H24N4OS. The highest BCUT2D eigenvalue weighted by atomic mass is 32.1. The van der Waals surface area contributed by atoms with E-state index in [2.05, 4.69) is 41.2 Å². The zero-order chi connectivity index (χ0) is 16.7. The fraction of sp³-hybridized carbons (Fsp3) is 0.556. The van der Waals surface area contributed by atoms with Gasteiger partial charge >= 0.3 is 0 Å². The summed E-state index contributed by atoms with van der Waals surface area (Å²) in [4.78, 5) is 2.46. The SMILES string of the molecule is CCC1c2ccccc2CCN1Cn1nc(CO)n(C2CC2)c1=S. The lowest BCUT2D eigenvalue weighted by molar-refractivity contribution is 0.127. The van der Waals surface area contributed by atoms with Gasteiger partial charge < -0.3 is 5.11 Å². The summed E-state index contributed by atoms with van der Waals surface area (Å²) in [5.41, 5.74) is 2.89. The van der Waals surface area contributed by atoms with Crippen LogP contribution in [0.5, 0.6) is 0 Å². The summed E-state index contributed by atoms with van der Waals surface area (Å²) in [6, 6.07) is 9.59. The minimum atomic E-state index is -0.0484. The minimum Gasteiger partial charge on any atom is -0.388 e. The second kappa shape index (κ2) is 6.43. The molecule has 6 heteroatoms. The summed E-state index contributed by atoms with van der Waals surface area (Å²) >= 11 is 5.64. The third-order valence-electron chi connectivity index (χ3n) is 5.22. The molecule has 1 atom stereocenters. The summed E-state index contributed by atoms with van der Waals surface area (Å²) in [6.45, 7) is 3.90. The number of benzene rings is 1. The Hall–Kier alpha value is -1.50. The second-order valence-corrected chi connectivity index (χ2v) is 7.15. The normalized spacial score (nSPS) is 21.0. The van der Waals surface area contributed by atoms with Gasteiger partial charge in [0.25, 0.3) is 0 Å². The van der Waals surface area contributed by atoms with Crippen molar-refractivity contribution in [2.24, 2.45) is 0 Å². The fourth-order valence-electron chi connectivity index (χ4n) is 3.89. The summed E-state index contributed by atoms with van der Waals surface area (Å²) in [5, 5.41) is 14.2. The summed E-state index contributed by atoms with van der Waals surface area (Å²) in [7, 11) is 0. The van der Waals surface area contributed by atoms with Gasteiger partial charge in [0.15, 0.2) is 10.6 Å². The smallest absolute Gasteiger partial charge is 0.199 e. The van der Waals surface area contributed by atoms with E-state index in [1.807, 2.05) is 9.25 Å². The van der Waals surface area contributed by atoms with Crippen LogP contribution in [-0.2, 0) is 19.7 Å². The molecule has 0 spiro atoms. The van der Waals surface area contributed by atoms with Crippen molar-refractivity contribution in [1.82, 2.24) is 19.2 Å². The quantitative estimate of drug-likeness (QED) is 0.846. The van der Waals surface area contributed by atoms with Crippen LogP contribution in [0.3, 0.4) is 0 Å². The van der Waals surface area contributed by atoms with E-state index in [4.69, 9.17) is 12.2 Å². The zero-order valence-electron chi connectivity index (χ0n) is 14.1. The molecule has 1 aliphatic heterocycles. The number of aliphatic hydroxyl groups excluding tert-OH is 1. The number of fused-ring (bicyclic) bond motifs is 1. The van der Waals surface area contributed by atoms with Gasteiger partial charge in [0, 0.05) is 18.6 Å². The Balaban J connectivity index is 1.63. The third-order valence-corrected chi connectivity index (χ3v) is 5.63. The monoisotopic (exact) mass is 344 g/mol. The van der Waals surface area contributed by atoms with E-state index in [1.165, 1.54) is 11.1 Å². The summed E-state index contributed by atoms with van der Waals surface area (Å²) in [6.07, 6.45) is 4.42. The third kappa shape index (κ3) is 2.72. The summed E-state index contributed by atoms with van der Waals surface area (Å²) < 4.78 is 4.69. The molecule has 0 bridgehead atoms. The lowest BCUT2D eigenvalue weighted by Crippen LogP contribution is -2.37. The van der Waals surface area contributed by atoms with Crippen LogP contribution in [0.1, 0.15) is 55.2 Å². The van der Waals surface area contributed by atoms with Crippen molar-refractivity contribution in [2.75, 3.05) is 6.54 Å². The van der Waals surface area contributed by atoms with Crippen molar-refractivity contribution < 1.29 is 5.11 Å². The first-order chi connectivity index (χ1) is 11.7. The minimum absolute atomic E-state index is 0.0484. The van der Waals surface area contributed by atoms with E-state index < -0.39 is 0 Å². The molecule has 1 saturated carbocycles. The largest absolute Gasteiger partial charge is 0.388 e. The van der Waals surface area contributed by atoms with Crippen LogP contribution in [-0.4, -0.2) is 30.9 Å². The first kappa shape index (κ1) is 16.0. The number of aliphatic hydroxyl groups is 1. The topological polar surface area (TPSA) is 46.2 Å². The van der Waals surface area contributed by atoms with Crippen molar-refractivity contribution in [3.8, 4) is 0 Å². The van der Waals surface area contributed by atoms with Gasteiger partial charge in [0.1, 0.15) is 6.61 Å². The maximum atomic E-state index is 9.61. The molecular weight excluding hydrogens is 320 g/mol. The Morgan fingerprint density at radius 1 is 1.29 bits per heavy atom. The number of hydrogen-bond donors (Lipinski definition) is 1. The van der Waals surface area contributed by atoms with E-state index in [0.717, 1.165) is 37.0 Å². The van der Waals surface area contributed by atoms with Gasteiger partial charge in [-0.25, -0.2) is 4.68 Å². The van der Waals surface area contributed by atoms with Crippen LogP contribution in [0.2, 0.25) is 0 Å². The highest BCUT2D eigenvalue weighted by Gasteiger charge is 2.30. The number of nitrogens with zero attached hydrogens (tertiary/aromatic N) is 4. The van der Waals surface area contributed by atoms with Gasteiger partial charge in [0.05, 0.1) is 6.67 Å². The van der Waals surface area contributed by atoms with Crippen LogP contribution in [0, 0.1) is 4.77 Å². The fourth-order valence-corrected chi connectivity index (χ4v) is 4.24. The number of hydrogen-bond acceptors (Lipinski definition) is 4. The van der Waals surface area contributed by atoms with E-state index in [9.17, 15) is 5.11 Å². The van der Waals surface area contributed by atoms with Crippen LogP contribution < -0.4 is 0 Å². The van der Waals surface area contributed by atoms with Crippen molar-refractivity contribution in [3.05, 3.63) is 46.0 Å². The van der Waals surface area contributed by atoms with E-state index >= 15 is 0 Å². The molecule has 1 N–H and O–H groups in total. The molecule has 2 aromatic rings. The number of aromatic nitrogens is 3. The molecule has 0 amide bonds. The molecule has 4 rings (SSSR count). The lowest BCUT2D eigenvalue weighted by Gasteiger charge is -2.36. The molecule has 1 fully saturated rings. The predicted octanol–water partition coefficient (Wildman–Crippen LogP) is 3.21. The maximum Gasteiger partial charge on any atom is 0.199 e. The van der Waals surface area contributed by atoms with E-state index in [0.29, 0.717) is 24.6 Å². The Kier molecular flexibility index (Phi) is 4.28. The Bertz CT molecular complexity index is 793. The molecule has 2 heterocycles. The van der Waals surface area contributed by atoms with Gasteiger partial charge in [-0.2, -0.15) is 5.10 Å². The molecule has 1 aromatic heterocycles. The maximum absolute atomic E-state index is 9.61. The summed E-state index contributed by atoms with van der Waals surface area (Å²) in [5.74, 6) is 0.702. The highest BCUT2D eigenvalue weighted by Crippen LogP contribution is 2.37. The van der Waals surface area contributed by atoms with Gasteiger partial charge in [-0.15, -0.1) is 0 Å². The van der Waals surface area contributed by atoms with E-state index in [1.54, 1.807) is 0 Å². The first-order valence-corrected chi connectivity index (χ1v) is 9.24. The molecule has 2 aliphatic rings. The molecule has 0 radical (unpaired) electrons. The van der Waals surface area contributed by atoms with Crippen LogP contribution in [0.25, 0.3) is 0 Å². The molecule has 128 valence electrons. The van der Waals surface area contributed by atoms with Crippen LogP contribution in [0.4, 0.5) is 0 Å². The molecule has 24 heavy (non-hydrogen) atoms. The van der Waals surface area contributed by atoms with Crippen molar-refractivity contribution >= 4 is 12.2 Å². The first-order valence-electron chi connectivity index (χ1n) is 8.83. The second-order valence-electron chi connectivity index (χ2n) is 6.78. The average Bonchev–Trinajstić information content (AvgIpc) is 3.40. The zero-order valence-corrected chi connectivity index (χ0v) is 14.9. The molecule has 5 nitrogen and oxygen atoms in total. The lowest BCUT2D eigenvalue weighted by atomic mass is 9.91. The molecule has 1 aromatic carbocycles. The molecule has 1 unspecified atom stereocenters. The standard InChI is InChI=1S/C18H24N4OS/c1-2-16-15-6-4-3-5-13(15)9-10-20(16)12-21-18(24)22(14-7-8-14)17(11-23)19-21/h3-6,14,16,23H,2,7-12H2,1H3. The van der Waals surface area contributed by atoms with Crippen LogP contribution >= 0.6 is 12.2 Å². The van der Waals surface area contributed by atoms with Gasteiger partial charge in [-0.1, -0.05) is 31.2 Å². The van der Waals surface area contributed by atoms with Crippen molar-refractivity contribution in [2.45, 2.75) is 58.0 Å². The van der Waals surface area contributed by atoms with Crippen LogP contribution in [0.15, 0.2) is 24.3 Å². The Morgan fingerprint density at radius 3 is 2.79 bits per heavy atom. The highest BCUT2D eigenvalue weighted by molar-refractivity contribution is 7.71. The van der Waals surface area contributed by atoms with Crippen molar-refractivity contribution in [1.29, 1.82) is 0 Å². The van der Waals surface area contributed by atoms with Gasteiger partial charge in [-0.05, 0) is 49.0 Å².